The molecule has 6 heteroatoms. The molecule has 120 valence electrons. The minimum atomic E-state index is -0.0145. The monoisotopic (exact) mass is 307 g/mol. The van der Waals surface area contributed by atoms with Crippen LogP contribution in [-0.2, 0) is 9.59 Å². The Morgan fingerprint density at radius 2 is 1.75 bits per heavy atom. The lowest BCUT2D eigenvalue weighted by atomic mass is 10.0. The summed E-state index contributed by atoms with van der Waals surface area (Å²) in [7, 11) is 0. The zero-order chi connectivity index (χ0) is 14.7. The first-order valence-electron chi connectivity index (χ1n) is 7.25. The standard InChI is InChI=1S/C14H29N3O2.ClH/c1-4-8-16-13(18)6-5-7-14(19)17-12(10-15)9-11(2)3;/h11-12H,4-10,15H2,1-3H3,(H,16,18)(H,17,19);1H. The Hall–Kier alpha value is -0.810. The first-order valence-corrected chi connectivity index (χ1v) is 7.25. The minimum absolute atomic E-state index is 0. The quantitative estimate of drug-likeness (QED) is 0.573. The Kier molecular flexibility index (Phi) is 14.2. The topological polar surface area (TPSA) is 84.2 Å². The van der Waals surface area contributed by atoms with Gasteiger partial charge in [0, 0.05) is 32.0 Å². The third-order valence-corrected chi connectivity index (χ3v) is 2.79. The molecule has 0 aromatic heterocycles. The van der Waals surface area contributed by atoms with Gasteiger partial charge in [0.2, 0.25) is 11.8 Å². The van der Waals surface area contributed by atoms with E-state index in [1.165, 1.54) is 0 Å². The molecule has 0 heterocycles. The molecule has 0 aliphatic rings. The van der Waals surface area contributed by atoms with Crippen LogP contribution in [-0.4, -0.2) is 30.9 Å². The van der Waals surface area contributed by atoms with Crippen LogP contribution in [0.2, 0.25) is 0 Å². The molecule has 20 heavy (non-hydrogen) atoms. The second kappa shape index (κ2) is 13.2. The molecule has 0 saturated heterocycles. The first-order chi connectivity index (χ1) is 8.99. The van der Waals surface area contributed by atoms with E-state index in [4.69, 9.17) is 5.73 Å². The van der Waals surface area contributed by atoms with Crippen LogP contribution in [0.3, 0.4) is 0 Å². The predicted octanol–water partition coefficient (Wildman–Crippen LogP) is 1.59. The number of carbonyl (C=O) groups excluding carboxylic acids is 2. The zero-order valence-corrected chi connectivity index (χ0v) is 13.7. The highest BCUT2D eigenvalue weighted by Crippen LogP contribution is 2.04. The van der Waals surface area contributed by atoms with Crippen molar-refractivity contribution in [1.82, 2.24) is 10.6 Å². The van der Waals surface area contributed by atoms with Crippen LogP contribution in [0.25, 0.3) is 0 Å². The fourth-order valence-corrected chi connectivity index (χ4v) is 1.85. The van der Waals surface area contributed by atoms with Crippen molar-refractivity contribution in [2.24, 2.45) is 11.7 Å². The molecular formula is C14H30ClN3O2. The molecule has 0 saturated carbocycles. The van der Waals surface area contributed by atoms with Gasteiger partial charge in [-0.25, -0.2) is 0 Å². The van der Waals surface area contributed by atoms with E-state index in [1.807, 2.05) is 6.92 Å². The summed E-state index contributed by atoms with van der Waals surface area (Å²) in [6.07, 6.45) is 3.19. The Balaban J connectivity index is 0. The van der Waals surface area contributed by atoms with Gasteiger partial charge in [0.25, 0.3) is 0 Å². The number of nitrogens with two attached hydrogens (primary N) is 1. The lowest BCUT2D eigenvalue weighted by molar-refractivity contribution is -0.122. The Labute approximate surface area is 128 Å². The maximum atomic E-state index is 11.7. The first kappa shape index (κ1) is 21.5. The molecule has 4 N–H and O–H groups in total. The molecule has 0 radical (unpaired) electrons. The molecule has 1 unspecified atom stereocenters. The summed E-state index contributed by atoms with van der Waals surface area (Å²) in [6.45, 7) is 7.38. The van der Waals surface area contributed by atoms with Crippen molar-refractivity contribution in [2.75, 3.05) is 13.1 Å². The molecule has 0 aliphatic carbocycles. The normalized spacial score (nSPS) is 11.7. The van der Waals surface area contributed by atoms with Crippen molar-refractivity contribution >= 4 is 24.2 Å². The summed E-state index contributed by atoms with van der Waals surface area (Å²) >= 11 is 0. The number of amides is 2. The van der Waals surface area contributed by atoms with Gasteiger partial charge < -0.3 is 16.4 Å². The SMILES string of the molecule is CCCNC(=O)CCCC(=O)NC(CN)CC(C)C.Cl. The third kappa shape index (κ3) is 12.2. The molecule has 0 spiro atoms. The fraction of sp³-hybridized carbons (Fsp3) is 0.857. The van der Waals surface area contributed by atoms with Crippen LogP contribution >= 0.6 is 12.4 Å². The van der Waals surface area contributed by atoms with Gasteiger partial charge in [-0.2, -0.15) is 0 Å². The molecule has 0 bridgehead atoms. The summed E-state index contributed by atoms with van der Waals surface area (Å²) in [5, 5.41) is 5.71. The van der Waals surface area contributed by atoms with Crippen molar-refractivity contribution in [3.8, 4) is 0 Å². The van der Waals surface area contributed by atoms with Crippen LogP contribution in [0, 0.1) is 5.92 Å². The number of hydrogen-bond donors (Lipinski definition) is 3. The zero-order valence-electron chi connectivity index (χ0n) is 12.9. The molecule has 1 atom stereocenters. The average molecular weight is 308 g/mol. The molecule has 5 nitrogen and oxygen atoms in total. The van der Waals surface area contributed by atoms with Crippen molar-refractivity contribution in [3.63, 3.8) is 0 Å². The highest BCUT2D eigenvalue weighted by atomic mass is 35.5. The van der Waals surface area contributed by atoms with E-state index >= 15 is 0 Å². The third-order valence-electron chi connectivity index (χ3n) is 2.79. The van der Waals surface area contributed by atoms with Gasteiger partial charge in [0.1, 0.15) is 0 Å². The smallest absolute Gasteiger partial charge is 0.220 e. The molecule has 0 aromatic carbocycles. The van der Waals surface area contributed by atoms with E-state index < -0.39 is 0 Å². The Morgan fingerprint density at radius 1 is 1.15 bits per heavy atom. The van der Waals surface area contributed by atoms with Crippen molar-refractivity contribution < 1.29 is 9.59 Å². The summed E-state index contributed by atoms with van der Waals surface area (Å²) in [5.41, 5.74) is 5.62. The summed E-state index contributed by atoms with van der Waals surface area (Å²) in [6, 6.07) is 0.0430. The highest BCUT2D eigenvalue weighted by Gasteiger charge is 2.12. The van der Waals surface area contributed by atoms with Gasteiger partial charge in [0.15, 0.2) is 0 Å². The molecule has 0 rings (SSSR count). The fourth-order valence-electron chi connectivity index (χ4n) is 1.85. The second-order valence-electron chi connectivity index (χ2n) is 5.33. The van der Waals surface area contributed by atoms with E-state index in [0.29, 0.717) is 38.3 Å². The van der Waals surface area contributed by atoms with Crippen molar-refractivity contribution in [3.05, 3.63) is 0 Å². The van der Waals surface area contributed by atoms with Crippen LogP contribution in [0.1, 0.15) is 52.9 Å². The van der Waals surface area contributed by atoms with Gasteiger partial charge in [-0.3, -0.25) is 9.59 Å². The minimum Gasteiger partial charge on any atom is -0.356 e. The number of carbonyl (C=O) groups is 2. The number of rotatable bonds is 10. The number of halogens is 1. The summed E-state index contributed by atoms with van der Waals surface area (Å²) in [5.74, 6) is 0.514. The Bertz CT molecular complexity index is 273. The van der Waals surface area contributed by atoms with Crippen molar-refractivity contribution in [1.29, 1.82) is 0 Å². The van der Waals surface area contributed by atoms with E-state index in [0.717, 1.165) is 12.8 Å². The van der Waals surface area contributed by atoms with Crippen molar-refractivity contribution in [2.45, 2.75) is 58.9 Å². The van der Waals surface area contributed by atoms with Gasteiger partial charge in [-0.15, -0.1) is 12.4 Å². The van der Waals surface area contributed by atoms with Gasteiger partial charge >= 0.3 is 0 Å². The van der Waals surface area contributed by atoms with E-state index in [9.17, 15) is 9.59 Å². The largest absolute Gasteiger partial charge is 0.356 e. The van der Waals surface area contributed by atoms with Gasteiger partial charge in [0.05, 0.1) is 0 Å². The lowest BCUT2D eigenvalue weighted by Gasteiger charge is -2.18. The van der Waals surface area contributed by atoms with Crippen LogP contribution in [0.4, 0.5) is 0 Å². The maximum absolute atomic E-state index is 11.7. The lowest BCUT2D eigenvalue weighted by Crippen LogP contribution is -2.41. The Morgan fingerprint density at radius 3 is 2.25 bits per heavy atom. The summed E-state index contributed by atoms with van der Waals surface area (Å²) < 4.78 is 0. The molecular weight excluding hydrogens is 278 g/mol. The van der Waals surface area contributed by atoms with E-state index in [1.54, 1.807) is 0 Å². The van der Waals surface area contributed by atoms with Crippen LogP contribution in [0.15, 0.2) is 0 Å². The second-order valence-corrected chi connectivity index (χ2v) is 5.33. The van der Waals surface area contributed by atoms with Gasteiger partial charge in [-0.1, -0.05) is 20.8 Å². The maximum Gasteiger partial charge on any atom is 0.220 e. The predicted molar refractivity (Wildman–Crippen MR) is 84.8 cm³/mol. The molecule has 2 amide bonds. The molecule has 0 aromatic rings. The number of nitrogens with one attached hydrogen (secondary N) is 2. The van der Waals surface area contributed by atoms with Gasteiger partial charge in [-0.05, 0) is 25.2 Å². The number of hydrogen-bond acceptors (Lipinski definition) is 3. The van der Waals surface area contributed by atoms with Crippen LogP contribution in [0.5, 0.6) is 0 Å². The molecule has 0 fully saturated rings. The summed E-state index contributed by atoms with van der Waals surface area (Å²) in [4.78, 5) is 23.0. The highest BCUT2D eigenvalue weighted by molar-refractivity contribution is 5.85. The average Bonchev–Trinajstić information content (AvgIpc) is 2.34. The molecule has 0 aliphatic heterocycles. The van der Waals surface area contributed by atoms with E-state index in [-0.39, 0.29) is 30.3 Å². The van der Waals surface area contributed by atoms with Crippen LogP contribution < -0.4 is 16.4 Å². The van der Waals surface area contributed by atoms with E-state index in [2.05, 4.69) is 24.5 Å².